The Balaban J connectivity index is 2.42. The molecule has 1 saturated carbocycles. The Bertz CT molecular complexity index is 336. The van der Waals surface area contributed by atoms with Gasteiger partial charge >= 0.3 is 5.97 Å². The van der Waals surface area contributed by atoms with Crippen LogP contribution in [0.15, 0.2) is 0 Å². The largest absolute Gasteiger partial charge is 0.481 e. The van der Waals surface area contributed by atoms with Crippen LogP contribution in [0.2, 0.25) is 0 Å². The second-order valence-corrected chi connectivity index (χ2v) is 4.58. The topological polar surface area (TPSA) is 95.5 Å². The van der Waals surface area contributed by atoms with Crippen molar-refractivity contribution in [2.24, 2.45) is 5.41 Å². The SMILES string of the molecule is CC(=O)NC(C)C(=O)NCC1(C(=O)O)CCC1. The maximum absolute atomic E-state index is 11.6. The number of aliphatic carboxylic acids is 1. The maximum atomic E-state index is 11.6. The van der Waals surface area contributed by atoms with Crippen molar-refractivity contribution < 1.29 is 19.5 Å². The van der Waals surface area contributed by atoms with E-state index >= 15 is 0 Å². The van der Waals surface area contributed by atoms with Gasteiger partial charge in [-0.3, -0.25) is 14.4 Å². The van der Waals surface area contributed by atoms with Crippen molar-refractivity contribution in [1.29, 1.82) is 0 Å². The van der Waals surface area contributed by atoms with Gasteiger partial charge in [0.1, 0.15) is 6.04 Å². The minimum Gasteiger partial charge on any atom is -0.481 e. The molecule has 6 nitrogen and oxygen atoms in total. The first-order valence-corrected chi connectivity index (χ1v) is 5.65. The molecular formula is C11H18N2O4. The van der Waals surface area contributed by atoms with Gasteiger partial charge < -0.3 is 15.7 Å². The van der Waals surface area contributed by atoms with E-state index in [9.17, 15) is 14.4 Å². The zero-order chi connectivity index (χ0) is 13.1. The smallest absolute Gasteiger partial charge is 0.311 e. The number of amides is 2. The van der Waals surface area contributed by atoms with Crippen LogP contribution >= 0.6 is 0 Å². The minimum atomic E-state index is -0.865. The summed E-state index contributed by atoms with van der Waals surface area (Å²) in [6.07, 6.45) is 2.07. The number of hydrogen-bond donors (Lipinski definition) is 3. The number of carbonyl (C=O) groups excluding carboxylic acids is 2. The molecule has 0 saturated heterocycles. The molecule has 0 spiro atoms. The van der Waals surface area contributed by atoms with Crippen molar-refractivity contribution in [3.05, 3.63) is 0 Å². The zero-order valence-corrected chi connectivity index (χ0v) is 10.1. The fourth-order valence-corrected chi connectivity index (χ4v) is 1.85. The van der Waals surface area contributed by atoms with Gasteiger partial charge in [0.05, 0.1) is 5.41 Å². The molecule has 0 aromatic carbocycles. The summed E-state index contributed by atoms with van der Waals surface area (Å²) < 4.78 is 0. The molecule has 0 aliphatic heterocycles. The van der Waals surface area contributed by atoms with Crippen LogP contribution in [-0.2, 0) is 14.4 Å². The molecule has 0 aromatic rings. The van der Waals surface area contributed by atoms with E-state index in [-0.39, 0.29) is 18.4 Å². The van der Waals surface area contributed by atoms with E-state index in [1.807, 2.05) is 0 Å². The van der Waals surface area contributed by atoms with Gasteiger partial charge in [0.25, 0.3) is 0 Å². The molecule has 1 aliphatic rings. The molecule has 1 rings (SSSR count). The standard InChI is InChI=1S/C11H18N2O4/c1-7(13-8(2)14)9(15)12-6-11(10(16)17)4-3-5-11/h7H,3-6H2,1-2H3,(H,12,15)(H,13,14)(H,16,17). The Morgan fingerprint density at radius 2 is 1.94 bits per heavy atom. The predicted octanol–water partition coefficient (Wildman–Crippen LogP) is -0.118. The van der Waals surface area contributed by atoms with Crippen molar-refractivity contribution >= 4 is 17.8 Å². The molecule has 96 valence electrons. The van der Waals surface area contributed by atoms with Gasteiger partial charge in [-0.05, 0) is 19.8 Å². The van der Waals surface area contributed by atoms with E-state index in [0.29, 0.717) is 12.8 Å². The van der Waals surface area contributed by atoms with E-state index in [4.69, 9.17) is 5.11 Å². The molecule has 17 heavy (non-hydrogen) atoms. The van der Waals surface area contributed by atoms with E-state index in [1.165, 1.54) is 6.92 Å². The summed E-state index contributed by atoms with van der Waals surface area (Å²) >= 11 is 0. The zero-order valence-electron chi connectivity index (χ0n) is 10.1. The monoisotopic (exact) mass is 242 g/mol. The highest BCUT2D eigenvalue weighted by atomic mass is 16.4. The normalized spacial score (nSPS) is 18.7. The number of carboxylic acid groups (broad SMARTS) is 1. The third-order valence-electron chi connectivity index (χ3n) is 3.18. The quantitative estimate of drug-likeness (QED) is 0.626. The van der Waals surface area contributed by atoms with Gasteiger partial charge in [-0.15, -0.1) is 0 Å². The summed E-state index contributed by atoms with van der Waals surface area (Å²) in [5.74, 6) is -1.51. The molecule has 1 atom stereocenters. The second-order valence-electron chi connectivity index (χ2n) is 4.58. The molecule has 2 amide bonds. The minimum absolute atomic E-state index is 0.130. The lowest BCUT2D eigenvalue weighted by Crippen LogP contribution is -2.51. The Hall–Kier alpha value is -1.59. The molecule has 0 aromatic heterocycles. The van der Waals surface area contributed by atoms with Crippen LogP contribution in [0.4, 0.5) is 0 Å². The molecule has 0 radical (unpaired) electrons. The van der Waals surface area contributed by atoms with Crippen molar-refractivity contribution in [2.75, 3.05) is 6.54 Å². The highest BCUT2D eigenvalue weighted by molar-refractivity contribution is 5.87. The fourth-order valence-electron chi connectivity index (χ4n) is 1.85. The van der Waals surface area contributed by atoms with Crippen molar-refractivity contribution in [1.82, 2.24) is 10.6 Å². The lowest BCUT2D eigenvalue weighted by atomic mass is 9.69. The van der Waals surface area contributed by atoms with E-state index in [1.54, 1.807) is 6.92 Å². The molecule has 1 unspecified atom stereocenters. The van der Waals surface area contributed by atoms with Crippen molar-refractivity contribution in [3.8, 4) is 0 Å². The Kier molecular flexibility index (Phi) is 4.09. The molecule has 0 heterocycles. The highest BCUT2D eigenvalue weighted by Crippen LogP contribution is 2.40. The van der Waals surface area contributed by atoms with E-state index in [0.717, 1.165) is 6.42 Å². The Morgan fingerprint density at radius 1 is 1.35 bits per heavy atom. The first kappa shape index (κ1) is 13.5. The van der Waals surface area contributed by atoms with Crippen LogP contribution in [0.5, 0.6) is 0 Å². The van der Waals surface area contributed by atoms with Gasteiger partial charge in [0.15, 0.2) is 0 Å². The highest BCUT2D eigenvalue weighted by Gasteiger charge is 2.44. The van der Waals surface area contributed by atoms with Crippen LogP contribution in [0.3, 0.4) is 0 Å². The summed E-state index contributed by atoms with van der Waals surface area (Å²) in [5.41, 5.74) is -0.800. The van der Waals surface area contributed by atoms with Crippen LogP contribution in [-0.4, -0.2) is 35.5 Å². The lowest BCUT2D eigenvalue weighted by molar-refractivity contribution is -0.154. The number of carbonyl (C=O) groups is 3. The lowest BCUT2D eigenvalue weighted by Gasteiger charge is -2.37. The Labute approximate surface area is 99.8 Å². The van der Waals surface area contributed by atoms with Gasteiger partial charge in [-0.25, -0.2) is 0 Å². The van der Waals surface area contributed by atoms with E-state index in [2.05, 4.69) is 10.6 Å². The number of hydrogen-bond acceptors (Lipinski definition) is 3. The number of nitrogens with one attached hydrogen (secondary N) is 2. The predicted molar refractivity (Wildman–Crippen MR) is 60.2 cm³/mol. The molecule has 3 N–H and O–H groups in total. The first-order chi connectivity index (χ1) is 7.87. The number of carboxylic acids is 1. The van der Waals surface area contributed by atoms with Crippen molar-refractivity contribution in [2.45, 2.75) is 39.2 Å². The number of rotatable bonds is 5. The summed E-state index contributed by atoms with van der Waals surface area (Å²) in [4.78, 5) is 33.4. The van der Waals surface area contributed by atoms with Gasteiger partial charge in [0, 0.05) is 13.5 Å². The van der Waals surface area contributed by atoms with Gasteiger partial charge in [0.2, 0.25) is 11.8 Å². The van der Waals surface area contributed by atoms with E-state index < -0.39 is 17.4 Å². The van der Waals surface area contributed by atoms with Crippen LogP contribution < -0.4 is 10.6 Å². The molecule has 1 aliphatic carbocycles. The van der Waals surface area contributed by atoms with Gasteiger partial charge in [-0.2, -0.15) is 0 Å². The van der Waals surface area contributed by atoms with Gasteiger partial charge in [-0.1, -0.05) is 6.42 Å². The Morgan fingerprint density at radius 3 is 2.29 bits per heavy atom. The first-order valence-electron chi connectivity index (χ1n) is 5.65. The summed E-state index contributed by atoms with van der Waals surface area (Å²) in [6.45, 7) is 3.02. The molecule has 6 heteroatoms. The molecule has 1 fully saturated rings. The van der Waals surface area contributed by atoms with Crippen LogP contribution in [0.25, 0.3) is 0 Å². The fraction of sp³-hybridized carbons (Fsp3) is 0.727. The van der Waals surface area contributed by atoms with Crippen molar-refractivity contribution in [3.63, 3.8) is 0 Å². The average Bonchev–Trinajstić information content (AvgIpc) is 2.13. The summed E-state index contributed by atoms with van der Waals surface area (Å²) in [7, 11) is 0. The second kappa shape index (κ2) is 5.16. The average molecular weight is 242 g/mol. The molecule has 0 bridgehead atoms. The van der Waals surface area contributed by atoms with Crippen LogP contribution in [0, 0.1) is 5.41 Å². The summed E-state index contributed by atoms with van der Waals surface area (Å²) in [6, 6.07) is -0.640. The summed E-state index contributed by atoms with van der Waals surface area (Å²) in [5, 5.41) is 14.1. The third-order valence-corrected chi connectivity index (χ3v) is 3.18. The molecular weight excluding hydrogens is 224 g/mol. The third kappa shape index (κ3) is 3.18. The maximum Gasteiger partial charge on any atom is 0.311 e. The van der Waals surface area contributed by atoms with Crippen LogP contribution in [0.1, 0.15) is 33.1 Å².